The normalized spacial score (nSPS) is 11.9. The lowest BCUT2D eigenvalue weighted by molar-refractivity contribution is -0.143. The molecule has 1 aromatic rings. The van der Waals surface area contributed by atoms with Gasteiger partial charge < -0.3 is 9.84 Å². The van der Waals surface area contributed by atoms with E-state index >= 15 is 0 Å². The molecular formula is C14H18O3. The van der Waals surface area contributed by atoms with Crippen LogP contribution in [-0.2, 0) is 9.53 Å². The van der Waals surface area contributed by atoms with Gasteiger partial charge in [0.2, 0.25) is 0 Å². The Bertz CT molecular complexity index is 392. The molecule has 0 fully saturated rings. The molecule has 3 nitrogen and oxygen atoms in total. The first-order valence-corrected chi connectivity index (χ1v) is 5.64. The molecule has 0 saturated carbocycles. The highest BCUT2D eigenvalue weighted by Crippen LogP contribution is 2.28. The van der Waals surface area contributed by atoms with Crippen molar-refractivity contribution in [3.63, 3.8) is 0 Å². The first kappa shape index (κ1) is 13.3. The summed E-state index contributed by atoms with van der Waals surface area (Å²) in [6.07, 6.45) is 0.286. The zero-order chi connectivity index (χ0) is 12.8. The lowest BCUT2D eigenvalue weighted by atomic mass is 9.90. The standard InChI is InChI=1S/C14H18O3/c1-4-17-14(16)9-13(10(2)3)11-5-7-12(15)8-6-11/h5-8,13,15H,2,4,9H2,1,3H3/t13-/m1/s1. The van der Waals surface area contributed by atoms with Gasteiger partial charge in [-0.2, -0.15) is 0 Å². The van der Waals surface area contributed by atoms with Crippen LogP contribution in [0, 0.1) is 0 Å². The van der Waals surface area contributed by atoms with Gasteiger partial charge in [0.15, 0.2) is 0 Å². The Morgan fingerprint density at radius 1 is 1.41 bits per heavy atom. The van der Waals surface area contributed by atoms with E-state index in [0.717, 1.165) is 11.1 Å². The summed E-state index contributed by atoms with van der Waals surface area (Å²) in [6.45, 7) is 7.96. The van der Waals surface area contributed by atoms with Gasteiger partial charge in [0, 0.05) is 5.92 Å². The minimum Gasteiger partial charge on any atom is -0.508 e. The SMILES string of the molecule is C=C(C)[C@@H](CC(=O)OCC)c1ccc(O)cc1. The summed E-state index contributed by atoms with van der Waals surface area (Å²) < 4.78 is 4.94. The molecule has 0 aliphatic rings. The molecule has 1 rings (SSSR count). The van der Waals surface area contributed by atoms with Gasteiger partial charge in [-0.15, -0.1) is 0 Å². The van der Waals surface area contributed by atoms with Crippen LogP contribution < -0.4 is 0 Å². The summed E-state index contributed by atoms with van der Waals surface area (Å²) in [4.78, 5) is 11.5. The Kier molecular flexibility index (Phi) is 4.76. The second-order valence-electron chi connectivity index (χ2n) is 4.00. The van der Waals surface area contributed by atoms with Crippen molar-refractivity contribution >= 4 is 5.97 Å². The fraction of sp³-hybridized carbons (Fsp3) is 0.357. The molecule has 17 heavy (non-hydrogen) atoms. The fourth-order valence-corrected chi connectivity index (χ4v) is 1.67. The van der Waals surface area contributed by atoms with E-state index in [4.69, 9.17) is 4.74 Å². The summed E-state index contributed by atoms with van der Waals surface area (Å²) in [7, 11) is 0. The van der Waals surface area contributed by atoms with Crippen LogP contribution in [0.1, 0.15) is 31.7 Å². The number of rotatable bonds is 5. The van der Waals surface area contributed by atoms with Crippen LogP contribution in [0.15, 0.2) is 36.4 Å². The van der Waals surface area contributed by atoms with Crippen molar-refractivity contribution in [2.24, 2.45) is 0 Å². The number of benzene rings is 1. The van der Waals surface area contributed by atoms with E-state index in [2.05, 4.69) is 6.58 Å². The molecule has 0 radical (unpaired) electrons. The van der Waals surface area contributed by atoms with E-state index in [1.54, 1.807) is 31.2 Å². The van der Waals surface area contributed by atoms with Crippen LogP contribution in [0.2, 0.25) is 0 Å². The number of phenolic OH excluding ortho intramolecular Hbond substituents is 1. The van der Waals surface area contributed by atoms with E-state index in [1.165, 1.54) is 0 Å². The minimum atomic E-state index is -0.228. The van der Waals surface area contributed by atoms with Gasteiger partial charge >= 0.3 is 5.97 Å². The molecule has 0 aliphatic heterocycles. The average molecular weight is 234 g/mol. The van der Waals surface area contributed by atoms with Crippen LogP contribution in [0.3, 0.4) is 0 Å². The second-order valence-corrected chi connectivity index (χ2v) is 4.00. The van der Waals surface area contributed by atoms with Crippen molar-refractivity contribution in [2.45, 2.75) is 26.2 Å². The quantitative estimate of drug-likeness (QED) is 0.629. The largest absolute Gasteiger partial charge is 0.508 e. The lowest BCUT2D eigenvalue weighted by Gasteiger charge is -2.16. The zero-order valence-corrected chi connectivity index (χ0v) is 10.3. The van der Waals surface area contributed by atoms with Gasteiger partial charge in [-0.3, -0.25) is 4.79 Å². The van der Waals surface area contributed by atoms with Crippen molar-refractivity contribution in [1.29, 1.82) is 0 Å². The Morgan fingerprint density at radius 2 is 2.00 bits per heavy atom. The van der Waals surface area contributed by atoms with Crippen molar-refractivity contribution in [3.8, 4) is 5.75 Å². The molecule has 0 bridgehead atoms. The van der Waals surface area contributed by atoms with Crippen LogP contribution in [0.5, 0.6) is 5.75 Å². The second kappa shape index (κ2) is 6.09. The molecule has 0 aliphatic carbocycles. The number of esters is 1. The number of allylic oxidation sites excluding steroid dienone is 1. The monoisotopic (exact) mass is 234 g/mol. The molecule has 1 aromatic carbocycles. The van der Waals surface area contributed by atoms with Crippen LogP contribution in [0.25, 0.3) is 0 Å². The smallest absolute Gasteiger partial charge is 0.306 e. The van der Waals surface area contributed by atoms with Crippen LogP contribution in [-0.4, -0.2) is 17.7 Å². The molecule has 1 atom stereocenters. The van der Waals surface area contributed by atoms with Crippen molar-refractivity contribution in [3.05, 3.63) is 42.0 Å². The third-order valence-electron chi connectivity index (χ3n) is 2.57. The van der Waals surface area contributed by atoms with Crippen LogP contribution >= 0.6 is 0 Å². The number of hydrogen-bond donors (Lipinski definition) is 1. The van der Waals surface area contributed by atoms with Gasteiger partial charge in [0.05, 0.1) is 13.0 Å². The Labute approximate surface area is 102 Å². The summed E-state index contributed by atoms with van der Waals surface area (Å²) in [5.41, 5.74) is 1.87. The summed E-state index contributed by atoms with van der Waals surface area (Å²) in [5, 5.41) is 9.23. The number of phenols is 1. The third-order valence-corrected chi connectivity index (χ3v) is 2.57. The molecule has 3 heteroatoms. The first-order valence-electron chi connectivity index (χ1n) is 5.64. The molecule has 0 unspecified atom stereocenters. The van der Waals surface area contributed by atoms with E-state index in [-0.39, 0.29) is 24.1 Å². The first-order chi connectivity index (χ1) is 8.04. The lowest BCUT2D eigenvalue weighted by Crippen LogP contribution is -2.11. The summed E-state index contributed by atoms with van der Waals surface area (Å²) >= 11 is 0. The number of aromatic hydroxyl groups is 1. The molecule has 0 spiro atoms. The van der Waals surface area contributed by atoms with Crippen molar-refractivity contribution in [2.75, 3.05) is 6.61 Å². The van der Waals surface area contributed by atoms with Gasteiger partial charge in [-0.25, -0.2) is 0 Å². The highest BCUT2D eigenvalue weighted by Gasteiger charge is 2.17. The van der Waals surface area contributed by atoms with E-state index in [1.807, 2.05) is 6.92 Å². The van der Waals surface area contributed by atoms with E-state index in [0.29, 0.717) is 6.61 Å². The molecule has 0 heterocycles. The van der Waals surface area contributed by atoms with Gasteiger partial charge in [0.1, 0.15) is 5.75 Å². The number of ether oxygens (including phenoxy) is 1. The number of carbonyl (C=O) groups excluding carboxylic acids is 1. The number of carbonyl (C=O) groups is 1. The predicted molar refractivity (Wildman–Crippen MR) is 66.9 cm³/mol. The van der Waals surface area contributed by atoms with Gasteiger partial charge in [-0.1, -0.05) is 24.3 Å². The minimum absolute atomic E-state index is 0.0605. The molecule has 0 saturated heterocycles. The topological polar surface area (TPSA) is 46.5 Å². The highest BCUT2D eigenvalue weighted by atomic mass is 16.5. The average Bonchev–Trinajstić information content (AvgIpc) is 2.27. The molecule has 1 N–H and O–H groups in total. The maximum absolute atomic E-state index is 11.5. The van der Waals surface area contributed by atoms with Crippen molar-refractivity contribution in [1.82, 2.24) is 0 Å². The van der Waals surface area contributed by atoms with Crippen LogP contribution in [0.4, 0.5) is 0 Å². The maximum atomic E-state index is 11.5. The highest BCUT2D eigenvalue weighted by molar-refractivity contribution is 5.71. The van der Waals surface area contributed by atoms with Gasteiger partial charge in [0.25, 0.3) is 0 Å². The maximum Gasteiger partial charge on any atom is 0.306 e. The zero-order valence-electron chi connectivity index (χ0n) is 10.3. The van der Waals surface area contributed by atoms with Crippen molar-refractivity contribution < 1.29 is 14.6 Å². The Hall–Kier alpha value is -1.77. The predicted octanol–water partition coefficient (Wildman–Crippen LogP) is 3.01. The van der Waals surface area contributed by atoms with Gasteiger partial charge in [-0.05, 0) is 31.5 Å². The molecular weight excluding hydrogens is 216 g/mol. The summed E-state index contributed by atoms with van der Waals surface area (Å²) in [6, 6.07) is 6.81. The third kappa shape index (κ3) is 3.94. The molecule has 92 valence electrons. The summed E-state index contributed by atoms with van der Waals surface area (Å²) in [5.74, 6) is -0.0754. The Morgan fingerprint density at radius 3 is 2.47 bits per heavy atom. The Balaban J connectivity index is 2.82. The fourth-order valence-electron chi connectivity index (χ4n) is 1.67. The molecule has 0 amide bonds. The number of hydrogen-bond acceptors (Lipinski definition) is 3. The van der Waals surface area contributed by atoms with E-state index < -0.39 is 0 Å². The molecule has 0 aromatic heterocycles. The van der Waals surface area contributed by atoms with E-state index in [9.17, 15) is 9.90 Å².